The van der Waals surface area contributed by atoms with Crippen LogP contribution in [0.15, 0.2) is 54.6 Å². The van der Waals surface area contributed by atoms with E-state index in [9.17, 15) is 19.2 Å². The Hall–Kier alpha value is -3.48. The molecule has 0 radical (unpaired) electrons. The average Bonchev–Trinajstić information content (AvgIpc) is 2.67. The van der Waals surface area contributed by atoms with Crippen LogP contribution in [0.5, 0.6) is 0 Å². The van der Waals surface area contributed by atoms with E-state index in [1.807, 2.05) is 0 Å². The zero-order valence-corrected chi connectivity index (χ0v) is 15.0. The molecular weight excluding hydrogens is 348 g/mol. The van der Waals surface area contributed by atoms with E-state index in [4.69, 9.17) is 4.74 Å². The van der Waals surface area contributed by atoms with Crippen molar-refractivity contribution in [2.24, 2.45) is 0 Å². The molecule has 140 valence electrons. The number of ketones is 1. The third-order valence-corrected chi connectivity index (χ3v) is 3.67. The lowest BCUT2D eigenvalue weighted by atomic mass is 10.1. The van der Waals surface area contributed by atoms with Gasteiger partial charge < -0.3 is 15.4 Å². The molecule has 0 aliphatic carbocycles. The number of benzene rings is 2. The molecule has 7 heteroatoms. The monoisotopic (exact) mass is 368 g/mol. The molecule has 0 aliphatic rings. The molecule has 0 bridgehead atoms. The quantitative estimate of drug-likeness (QED) is 0.576. The van der Waals surface area contributed by atoms with E-state index in [1.165, 1.54) is 13.8 Å². The Morgan fingerprint density at radius 2 is 1.56 bits per heavy atom. The van der Waals surface area contributed by atoms with E-state index in [1.54, 1.807) is 54.6 Å². The van der Waals surface area contributed by atoms with Crippen molar-refractivity contribution in [3.8, 4) is 0 Å². The zero-order chi connectivity index (χ0) is 19.8. The van der Waals surface area contributed by atoms with Gasteiger partial charge in [0.2, 0.25) is 0 Å². The third kappa shape index (κ3) is 6.07. The summed E-state index contributed by atoms with van der Waals surface area (Å²) in [5.74, 6) is -1.73. The van der Waals surface area contributed by atoms with Crippen molar-refractivity contribution in [1.29, 1.82) is 0 Å². The number of rotatable bonds is 7. The molecule has 1 atom stereocenters. The van der Waals surface area contributed by atoms with Crippen LogP contribution in [0, 0.1) is 0 Å². The van der Waals surface area contributed by atoms with Gasteiger partial charge >= 0.3 is 5.97 Å². The molecule has 2 amide bonds. The Labute approximate surface area is 156 Å². The van der Waals surface area contributed by atoms with E-state index in [2.05, 4.69) is 10.6 Å². The summed E-state index contributed by atoms with van der Waals surface area (Å²) in [7, 11) is 0. The third-order valence-electron chi connectivity index (χ3n) is 3.67. The molecule has 2 aromatic rings. The lowest BCUT2D eigenvalue weighted by Crippen LogP contribution is -2.35. The van der Waals surface area contributed by atoms with E-state index in [-0.39, 0.29) is 12.3 Å². The molecule has 0 saturated heterocycles. The molecule has 0 saturated carbocycles. The molecular formula is C20H20N2O5. The number of carbonyl (C=O) groups is 4. The fraction of sp³-hybridized carbons (Fsp3) is 0.200. The van der Waals surface area contributed by atoms with Crippen molar-refractivity contribution in [3.63, 3.8) is 0 Å². The predicted octanol–water partition coefficient (Wildman–Crippen LogP) is 2.19. The van der Waals surface area contributed by atoms with Gasteiger partial charge in [0.25, 0.3) is 11.8 Å². The number of anilines is 1. The van der Waals surface area contributed by atoms with Crippen molar-refractivity contribution in [1.82, 2.24) is 5.32 Å². The standard InChI is InChI=1S/C20H20N2O5/c1-13(23)15-8-10-17(11-9-15)22-19(25)14(2)27-18(24)12-21-20(26)16-6-4-3-5-7-16/h3-11,14H,12H2,1-2H3,(H,21,26)(H,22,25)/t14-/m0/s1. The van der Waals surface area contributed by atoms with Crippen molar-refractivity contribution in [2.45, 2.75) is 20.0 Å². The molecule has 27 heavy (non-hydrogen) atoms. The SMILES string of the molecule is CC(=O)c1ccc(NC(=O)[C@H](C)OC(=O)CNC(=O)c2ccccc2)cc1. The van der Waals surface area contributed by atoms with Crippen LogP contribution in [-0.4, -0.2) is 36.2 Å². The Balaban J connectivity index is 1.80. The fourth-order valence-corrected chi connectivity index (χ4v) is 2.17. The minimum atomic E-state index is -1.04. The smallest absolute Gasteiger partial charge is 0.326 e. The number of Topliss-reactive ketones (excluding diaryl/α,β-unsaturated/α-hetero) is 1. The molecule has 0 aromatic heterocycles. The van der Waals surface area contributed by atoms with Crippen LogP contribution in [-0.2, 0) is 14.3 Å². The number of amides is 2. The Kier molecular flexibility index (Phi) is 6.82. The molecule has 2 aromatic carbocycles. The van der Waals surface area contributed by atoms with Gasteiger partial charge in [-0.15, -0.1) is 0 Å². The van der Waals surface area contributed by atoms with Gasteiger partial charge in [-0.3, -0.25) is 19.2 Å². The summed E-state index contributed by atoms with van der Waals surface area (Å²) in [6, 6.07) is 14.8. The first-order valence-corrected chi connectivity index (χ1v) is 8.31. The molecule has 7 nitrogen and oxygen atoms in total. The van der Waals surface area contributed by atoms with Crippen molar-refractivity contribution < 1.29 is 23.9 Å². The first-order chi connectivity index (χ1) is 12.9. The van der Waals surface area contributed by atoms with Crippen LogP contribution in [0.2, 0.25) is 0 Å². The second-order valence-corrected chi connectivity index (χ2v) is 5.80. The normalized spacial score (nSPS) is 11.2. The summed E-state index contributed by atoms with van der Waals surface area (Å²) in [6.07, 6.45) is -1.04. The second-order valence-electron chi connectivity index (χ2n) is 5.80. The first kappa shape index (κ1) is 19.8. The molecule has 2 N–H and O–H groups in total. The summed E-state index contributed by atoms with van der Waals surface area (Å²) in [5.41, 5.74) is 1.43. The zero-order valence-electron chi connectivity index (χ0n) is 15.0. The topological polar surface area (TPSA) is 102 Å². The minimum Gasteiger partial charge on any atom is -0.451 e. The molecule has 2 rings (SSSR count). The van der Waals surface area contributed by atoms with Crippen LogP contribution in [0.25, 0.3) is 0 Å². The van der Waals surface area contributed by atoms with Gasteiger partial charge in [0.1, 0.15) is 6.54 Å². The summed E-state index contributed by atoms with van der Waals surface area (Å²) >= 11 is 0. The Morgan fingerprint density at radius 1 is 0.926 bits per heavy atom. The molecule has 0 unspecified atom stereocenters. The fourth-order valence-electron chi connectivity index (χ4n) is 2.17. The van der Waals surface area contributed by atoms with E-state index >= 15 is 0 Å². The molecule has 0 fully saturated rings. The highest BCUT2D eigenvalue weighted by molar-refractivity contribution is 5.98. The number of nitrogens with one attached hydrogen (secondary N) is 2. The van der Waals surface area contributed by atoms with Gasteiger partial charge in [0.05, 0.1) is 0 Å². The van der Waals surface area contributed by atoms with Crippen LogP contribution >= 0.6 is 0 Å². The van der Waals surface area contributed by atoms with Crippen molar-refractivity contribution in [2.75, 3.05) is 11.9 Å². The maximum absolute atomic E-state index is 12.1. The van der Waals surface area contributed by atoms with E-state index < -0.39 is 23.9 Å². The van der Waals surface area contributed by atoms with Gasteiger partial charge in [0.15, 0.2) is 11.9 Å². The summed E-state index contributed by atoms with van der Waals surface area (Å²) < 4.78 is 5.01. The summed E-state index contributed by atoms with van der Waals surface area (Å²) in [4.78, 5) is 47.0. The predicted molar refractivity (Wildman–Crippen MR) is 99.4 cm³/mol. The second kappa shape index (κ2) is 9.28. The lowest BCUT2D eigenvalue weighted by Gasteiger charge is -2.14. The number of esters is 1. The van der Waals surface area contributed by atoms with Crippen LogP contribution in [0.3, 0.4) is 0 Å². The van der Waals surface area contributed by atoms with Crippen molar-refractivity contribution in [3.05, 3.63) is 65.7 Å². The molecule has 0 aliphatic heterocycles. The van der Waals surface area contributed by atoms with Gasteiger partial charge in [0, 0.05) is 16.8 Å². The van der Waals surface area contributed by atoms with Crippen LogP contribution in [0.4, 0.5) is 5.69 Å². The largest absolute Gasteiger partial charge is 0.451 e. The van der Waals surface area contributed by atoms with Gasteiger partial charge in [-0.1, -0.05) is 18.2 Å². The summed E-state index contributed by atoms with van der Waals surface area (Å²) in [6.45, 7) is 2.53. The Morgan fingerprint density at radius 3 is 2.15 bits per heavy atom. The maximum Gasteiger partial charge on any atom is 0.326 e. The highest BCUT2D eigenvalue weighted by Gasteiger charge is 2.18. The van der Waals surface area contributed by atoms with Crippen molar-refractivity contribution >= 4 is 29.3 Å². The van der Waals surface area contributed by atoms with E-state index in [0.29, 0.717) is 16.8 Å². The summed E-state index contributed by atoms with van der Waals surface area (Å²) in [5, 5.41) is 5.02. The highest BCUT2D eigenvalue weighted by Crippen LogP contribution is 2.11. The Bertz CT molecular complexity index is 831. The first-order valence-electron chi connectivity index (χ1n) is 8.31. The van der Waals surface area contributed by atoms with E-state index in [0.717, 1.165) is 0 Å². The van der Waals surface area contributed by atoms with Crippen LogP contribution in [0.1, 0.15) is 34.6 Å². The lowest BCUT2D eigenvalue weighted by molar-refractivity contribution is -0.152. The average molecular weight is 368 g/mol. The maximum atomic E-state index is 12.1. The minimum absolute atomic E-state index is 0.0762. The van der Waals surface area contributed by atoms with Crippen LogP contribution < -0.4 is 10.6 Å². The number of ether oxygens (including phenoxy) is 1. The highest BCUT2D eigenvalue weighted by atomic mass is 16.5. The molecule has 0 spiro atoms. The number of hydrogen-bond acceptors (Lipinski definition) is 5. The number of hydrogen-bond donors (Lipinski definition) is 2. The van der Waals surface area contributed by atoms with Gasteiger partial charge in [-0.25, -0.2) is 0 Å². The van der Waals surface area contributed by atoms with Gasteiger partial charge in [-0.2, -0.15) is 0 Å². The molecule has 0 heterocycles. The van der Waals surface area contributed by atoms with Gasteiger partial charge in [-0.05, 0) is 50.2 Å². The number of carbonyl (C=O) groups excluding carboxylic acids is 4.